The van der Waals surface area contributed by atoms with Crippen LogP contribution in [0.25, 0.3) is 22.3 Å². The second-order valence-electron chi connectivity index (χ2n) is 9.26. The van der Waals surface area contributed by atoms with E-state index in [1.807, 2.05) is 0 Å². The highest BCUT2D eigenvalue weighted by Crippen LogP contribution is 2.46. The molecule has 42 heavy (non-hydrogen) atoms. The number of phosphoric ester groups is 1. The molecule has 0 aliphatic carbocycles. The summed E-state index contributed by atoms with van der Waals surface area (Å²) in [5.74, 6) is 0.166. The minimum Gasteiger partial charge on any atom is -0.756 e. The first kappa shape index (κ1) is 30.0. The molecule has 6 rings (SSSR count). The largest absolute Gasteiger partial charge is 0.756 e. The Hall–Kier alpha value is -3.47. The van der Waals surface area contributed by atoms with E-state index < -0.39 is 70.1 Å². The molecule has 0 radical (unpaired) electrons. The third-order valence-electron chi connectivity index (χ3n) is 6.80. The van der Waals surface area contributed by atoms with Crippen LogP contribution >= 0.6 is 7.82 Å². The number of anilines is 2. The first-order valence-electron chi connectivity index (χ1n) is 12.1. The predicted molar refractivity (Wildman–Crippen MR) is 137 cm³/mol. The zero-order chi connectivity index (χ0) is 29.1. The monoisotopic (exact) mass is 613 g/mol. The van der Waals surface area contributed by atoms with Crippen LogP contribution in [-0.2, 0) is 23.1 Å². The van der Waals surface area contributed by atoms with Gasteiger partial charge in [-0.15, -0.1) is 0 Å². The van der Waals surface area contributed by atoms with Crippen molar-refractivity contribution in [1.29, 1.82) is 0 Å². The van der Waals surface area contributed by atoms with Crippen LogP contribution in [0.15, 0.2) is 25.3 Å². The average Bonchev–Trinajstić information content (AvgIpc) is 3.70. The van der Waals surface area contributed by atoms with Crippen molar-refractivity contribution < 1.29 is 48.4 Å². The van der Waals surface area contributed by atoms with Crippen molar-refractivity contribution in [2.75, 3.05) is 24.7 Å². The van der Waals surface area contributed by atoms with Crippen LogP contribution in [-0.4, -0.2) is 109 Å². The number of fused-ring (bicyclic) bond motifs is 2. The number of imidazole rings is 2. The Morgan fingerprint density at radius 2 is 1.38 bits per heavy atom. The van der Waals surface area contributed by atoms with Gasteiger partial charge in [-0.25, -0.2) is 29.9 Å². The van der Waals surface area contributed by atoms with Gasteiger partial charge in [0.1, 0.15) is 60.3 Å². The van der Waals surface area contributed by atoms with E-state index >= 15 is 0 Å². The number of aliphatic hydroxyl groups is 4. The predicted octanol–water partition coefficient (Wildman–Crippen LogP) is -3.05. The maximum absolute atomic E-state index is 12.7. The lowest BCUT2D eigenvalue weighted by molar-refractivity contribution is -0.236. The van der Waals surface area contributed by atoms with E-state index in [2.05, 4.69) is 29.9 Å². The van der Waals surface area contributed by atoms with Crippen LogP contribution in [0.4, 0.5) is 11.6 Å². The summed E-state index contributed by atoms with van der Waals surface area (Å²) < 4.78 is 36.6. The first-order chi connectivity index (χ1) is 19.6. The number of aliphatic hydroxyl groups excluding tert-OH is 4. The molecule has 9 unspecified atom stereocenters. The van der Waals surface area contributed by atoms with Crippen LogP contribution in [0, 0.1) is 0 Å². The van der Waals surface area contributed by atoms with Gasteiger partial charge >= 0.3 is 0 Å². The number of nitrogen functional groups attached to an aromatic ring is 2. The third-order valence-corrected chi connectivity index (χ3v) is 7.76. The highest BCUT2D eigenvalue weighted by molar-refractivity contribution is 7.45. The molecule has 21 nitrogen and oxygen atoms in total. The fourth-order valence-electron chi connectivity index (χ4n) is 4.78. The van der Waals surface area contributed by atoms with Gasteiger partial charge in [0.15, 0.2) is 35.4 Å². The Kier molecular flexibility index (Phi) is 8.08. The van der Waals surface area contributed by atoms with E-state index in [0.717, 1.165) is 0 Å². The van der Waals surface area contributed by atoms with Crippen molar-refractivity contribution in [2.24, 2.45) is 0 Å². The van der Waals surface area contributed by atoms with E-state index in [0.29, 0.717) is 0 Å². The number of nitrogens with zero attached hydrogens (tertiary/aromatic N) is 8. The van der Waals surface area contributed by atoms with E-state index in [-0.39, 0.29) is 40.1 Å². The zero-order valence-electron chi connectivity index (χ0n) is 21.8. The number of hydrogen-bond donors (Lipinski definition) is 7. The quantitative estimate of drug-likeness (QED) is 0.0970. The van der Waals surface area contributed by atoms with Crippen LogP contribution in [0.5, 0.6) is 0 Å². The normalized spacial score (nSPS) is 31.0. The highest BCUT2D eigenvalue weighted by Gasteiger charge is 2.48. The summed E-state index contributed by atoms with van der Waals surface area (Å²) in [5, 5.41) is 41.7. The van der Waals surface area contributed by atoms with Crippen molar-refractivity contribution in [3.63, 3.8) is 0 Å². The molecule has 2 aliphatic rings. The molecule has 9 atom stereocenters. The fourth-order valence-corrected chi connectivity index (χ4v) is 5.73. The van der Waals surface area contributed by atoms with Gasteiger partial charge in [-0.2, -0.15) is 0 Å². The summed E-state index contributed by atoms with van der Waals surface area (Å²) in [6.45, 7) is -1.48. The van der Waals surface area contributed by atoms with E-state index in [9.17, 15) is 29.9 Å². The minimum absolute atomic E-state index is 0. The Balaban J connectivity index is 0.00000353. The molecule has 6 heterocycles. The number of phosphoric acid groups is 1. The number of ether oxygens (including phenoxy) is 2. The van der Waals surface area contributed by atoms with E-state index in [1.165, 1.54) is 34.4 Å². The van der Waals surface area contributed by atoms with Crippen molar-refractivity contribution in [3.8, 4) is 0 Å². The van der Waals surface area contributed by atoms with Crippen LogP contribution in [0.1, 0.15) is 12.5 Å². The molecule has 0 aromatic carbocycles. The smallest absolute Gasteiger partial charge is 0.268 e. The minimum atomic E-state index is -5.21. The summed E-state index contributed by atoms with van der Waals surface area (Å²) in [4.78, 5) is 36.7. The number of aromatic nitrogens is 8. The van der Waals surface area contributed by atoms with Crippen LogP contribution in [0.2, 0.25) is 0 Å². The molecule has 2 saturated heterocycles. The van der Waals surface area contributed by atoms with Crippen LogP contribution < -0.4 is 22.5 Å². The molecule has 22 heteroatoms. The lowest BCUT2D eigenvalue weighted by Crippen LogP contribution is -2.38. The van der Waals surface area contributed by atoms with Gasteiger partial charge in [0.2, 0.25) is 0 Å². The molecule has 4 aromatic heterocycles. The lowest BCUT2D eigenvalue weighted by atomic mass is 10.1. The zero-order valence-corrected chi connectivity index (χ0v) is 22.7. The Morgan fingerprint density at radius 1 is 0.857 bits per heavy atom. The number of rotatable bonds is 8. The summed E-state index contributed by atoms with van der Waals surface area (Å²) in [6.07, 6.45) is -6.51. The summed E-state index contributed by atoms with van der Waals surface area (Å²) in [7, 11) is -5.21. The van der Waals surface area contributed by atoms with Crippen molar-refractivity contribution >= 4 is 41.8 Å². The Morgan fingerprint density at radius 3 is 1.93 bits per heavy atom. The molecule has 0 amide bonds. The van der Waals surface area contributed by atoms with Gasteiger partial charge in [-0.1, -0.05) is 0 Å². The molecule has 0 spiro atoms. The van der Waals surface area contributed by atoms with Crippen molar-refractivity contribution in [3.05, 3.63) is 25.3 Å². The Labute approximate surface area is 234 Å². The van der Waals surface area contributed by atoms with Gasteiger partial charge in [-0.05, 0) is 0 Å². The molecule has 2 aliphatic heterocycles. The number of quaternary nitrogens is 1. The fraction of sp³-hybridized carbons (Fsp3) is 0.500. The standard InChI is InChI=1S/C20H25N10O10P.H3N/c21-15-9-17(25-3-23-15)29(5-27-9)19-12(33)11(32)8(39-19)2-37-41(35,36)40-14-7(1-31)38-20(13(14)34)30-6-28-10-16(22)24-4-26-18(10)30;/h3-8,11-14,19-20,31-34H,1-2H2,(H,35,36)(H2,21,23,25)(H2,22,24,26);1H3. The SMILES string of the molecule is Nc1ncnc2c1ncn2C1OC(COP(=O)([O-])OC2C(CO)OC(n3cnc4c(N)ncnc43)C2O)C(O)C1O.[NH4+]. The second kappa shape index (κ2) is 11.3. The number of hydrogen-bond acceptors (Lipinski definition) is 18. The first-order valence-corrected chi connectivity index (χ1v) is 13.5. The molecule has 0 saturated carbocycles. The summed E-state index contributed by atoms with van der Waals surface area (Å²) in [5.41, 5.74) is 12.4. The second-order valence-corrected chi connectivity index (χ2v) is 10.6. The maximum Gasteiger partial charge on any atom is 0.268 e. The number of nitrogens with two attached hydrogens (primary N) is 2. The van der Waals surface area contributed by atoms with Crippen molar-refractivity contribution in [2.45, 2.75) is 49.1 Å². The van der Waals surface area contributed by atoms with Gasteiger partial charge in [-0.3, -0.25) is 13.7 Å². The molecule has 4 aromatic rings. The van der Waals surface area contributed by atoms with Gasteiger partial charge in [0, 0.05) is 0 Å². The lowest BCUT2D eigenvalue weighted by Gasteiger charge is -2.30. The molecule has 0 bridgehead atoms. The molecule has 228 valence electrons. The molecule has 12 N–H and O–H groups in total. The third kappa shape index (κ3) is 5.05. The van der Waals surface area contributed by atoms with E-state index in [4.69, 9.17) is 30.0 Å². The molecular weight excluding hydrogens is 585 g/mol. The van der Waals surface area contributed by atoms with Gasteiger partial charge in [0.05, 0.1) is 25.9 Å². The average molecular weight is 613 g/mol. The topological polar surface area (TPSA) is 334 Å². The van der Waals surface area contributed by atoms with Crippen molar-refractivity contribution in [1.82, 2.24) is 45.2 Å². The molecular formula is C20H28N11O10P. The highest BCUT2D eigenvalue weighted by atomic mass is 31.2. The van der Waals surface area contributed by atoms with Gasteiger partial charge in [0.25, 0.3) is 7.82 Å². The van der Waals surface area contributed by atoms with Gasteiger partial charge < -0.3 is 61.5 Å². The maximum atomic E-state index is 12.7. The van der Waals surface area contributed by atoms with Crippen LogP contribution in [0.3, 0.4) is 0 Å². The Bertz CT molecular complexity index is 1620. The molecule has 2 fully saturated rings. The summed E-state index contributed by atoms with van der Waals surface area (Å²) >= 11 is 0. The summed E-state index contributed by atoms with van der Waals surface area (Å²) in [6, 6.07) is 0. The van der Waals surface area contributed by atoms with E-state index in [1.54, 1.807) is 0 Å².